The maximum atomic E-state index is 5.98. The van der Waals surface area contributed by atoms with Gasteiger partial charge in [0.05, 0.1) is 12.3 Å². The van der Waals surface area contributed by atoms with Crippen LogP contribution < -0.4 is 10.5 Å². The molecule has 0 bridgehead atoms. The van der Waals surface area contributed by atoms with E-state index in [1.807, 2.05) is 24.3 Å². The van der Waals surface area contributed by atoms with E-state index in [0.717, 1.165) is 42.5 Å². The monoisotopic (exact) mass is 272 g/mol. The van der Waals surface area contributed by atoms with Crippen LogP contribution in [0.25, 0.3) is 10.8 Å². The summed E-state index contributed by atoms with van der Waals surface area (Å²) < 4.78 is 11.3. The van der Waals surface area contributed by atoms with Crippen LogP contribution in [0.4, 0.5) is 0 Å². The number of hydrogen-bond acceptors (Lipinski definition) is 4. The van der Waals surface area contributed by atoms with E-state index in [0.29, 0.717) is 24.9 Å². The first-order valence-corrected chi connectivity index (χ1v) is 7.16. The zero-order valence-corrected chi connectivity index (χ0v) is 11.5. The average Bonchev–Trinajstić information content (AvgIpc) is 2.53. The molecule has 0 saturated carbocycles. The van der Waals surface area contributed by atoms with Crippen LogP contribution in [-0.4, -0.2) is 24.8 Å². The molecule has 106 valence electrons. The minimum absolute atomic E-state index is 0.429. The second-order valence-corrected chi connectivity index (χ2v) is 5.21. The minimum atomic E-state index is 0.429. The smallest absolute Gasteiger partial charge is 0.221 e. The average molecular weight is 272 g/mol. The van der Waals surface area contributed by atoms with Crippen molar-refractivity contribution in [1.82, 2.24) is 4.98 Å². The van der Waals surface area contributed by atoms with Crippen molar-refractivity contribution in [1.29, 1.82) is 0 Å². The quantitative estimate of drug-likeness (QED) is 0.929. The van der Waals surface area contributed by atoms with Crippen LogP contribution in [0.2, 0.25) is 0 Å². The van der Waals surface area contributed by atoms with Gasteiger partial charge in [0.1, 0.15) is 0 Å². The molecule has 20 heavy (non-hydrogen) atoms. The lowest BCUT2D eigenvalue weighted by Crippen LogP contribution is -2.21. The SMILES string of the molecule is NCc1cc2ccccc2c(OCC2CCOCC2)n1. The van der Waals surface area contributed by atoms with Crippen LogP contribution in [0.3, 0.4) is 0 Å². The van der Waals surface area contributed by atoms with Crippen molar-refractivity contribution in [2.75, 3.05) is 19.8 Å². The van der Waals surface area contributed by atoms with Crippen LogP contribution in [0.15, 0.2) is 30.3 Å². The fraction of sp³-hybridized carbons (Fsp3) is 0.438. The molecule has 0 amide bonds. The van der Waals surface area contributed by atoms with Crippen molar-refractivity contribution in [3.63, 3.8) is 0 Å². The summed E-state index contributed by atoms with van der Waals surface area (Å²) in [4.78, 5) is 4.53. The summed E-state index contributed by atoms with van der Waals surface area (Å²) in [6.07, 6.45) is 2.13. The van der Waals surface area contributed by atoms with Gasteiger partial charge in [-0.3, -0.25) is 0 Å². The van der Waals surface area contributed by atoms with Gasteiger partial charge in [0.2, 0.25) is 5.88 Å². The van der Waals surface area contributed by atoms with Crippen molar-refractivity contribution >= 4 is 10.8 Å². The largest absolute Gasteiger partial charge is 0.477 e. The Morgan fingerprint density at radius 1 is 1.25 bits per heavy atom. The molecule has 2 N–H and O–H groups in total. The minimum Gasteiger partial charge on any atom is -0.477 e. The number of rotatable bonds is 4. The van der Waals surface area contributed by atoms with Gasteiger partial charge in [-0.25, -0.2) is 4.98 Å². The molecule has 0 aliphatic carbocycles. The number of fused-ring (bicyclic) bond motifs is 1. The van der Waals surface area contributed by atoms with E-state index in [-0.39, 0.29) is 0 Å². The summed E-state index contributed by atoms with van der Waals surface area (Å²) in [6.45, 7) is 2.81. The Morgan fingerprint density at radius 3 is 2.85 bits per heavy atom. The molecule has 1 fully saturated rings. The van der Waals surface area contributed by atoms with Crippen molar-refractivity contribution < 1.29 is 9.47 Å². The molecule has 1 aromatic heterocycles. The van der Waals surface area contributed by atoms with Crippen LogP contribution in [0.1, 0.15) is 18.5 Å². The zero-order chi connectivity index (χ0) is 13.8. The lowest BCUT2D eigenvalue weighted by atomic mass is 10.0. The number of pyridine rings is 1. The summed E-state index contributed by atoms with van der Waals surface area (Å²) in [5.41, 5.74) is 6.58. The van der Waals surface area contributed by atoms with E-state index in [4.69, 9.17) is 15.2 Å². The number of nitrogens with zero attached hydrogens (tertiary/aromatic N) is 1. The summed E-state index contributed by atoms with van der Waals surface area (Å²) in [5, 5.41) is 2.18. The lowest BCUT2D eigenvalue weighted by Gasteiger charge is -2.22. The van der Waals surface area contributed by atoms with Crippen LogP contribution >= 0.6 is 0 Å². The predicted octanol–water partition coefficient (Wildman–Crippen LogP) is 2.50. The van der Waals surface area contributed by atoms with Gasteiger partial charge in [0.15, 0.2) is 0 Å². The first-order valence-electron chi connectivity index (χ1n) is 7.16. The van der Waals surface area contributed by atoms with Crippen LogP contribution in [-0.2, 0) is 11.3 Å². The van der Waals surface area contributed by atoms with E-state index in [1.165, 1.54) is 0 Å². The Kier molecular flexibility index (Phi) is 4.14. The fourth-order valence-corrected chi connectivity index (χ4v) is 2.54. The Bertz CT molecular complexity index is 580. The number of nitrogens with two attached hydrogens (primary N) is 1. The van der Waals surface area contributed by atoms with Crippen molar-refractivity contribution in [3.8, 4) is 5.88 Å². The van der Waals surface area contributed by atoms with E-state index in [1.54, 1.807) is 0 Å². The molecule has 0 unspecified atom stereocenters. The maximum Gasteiger partial charge on any atom is 0.221 e. The molecule has 4 heteroatoms. The third-order valence-electron chi connectivity index (χ3n) is 3.76. The highest BCUT2D eigenvalue weighted by Gasteiger charge is 2.15. The molecule has 1 aliphatic rings. The lowest BCUT2D eigenvalue weighted by molar-refractivity contribution is 0.0493. The molecule has 0 radical (unpaired) electrons. The van der Waals surface area contributed by atoms with Gasteiger partial charge in [-0.1, -0.05) is 18.2 Å². The van der Waals surface area contributed by atoms with Crippen LogP contribution in [0, 0.1) is 5.92 Å². The van der Waals surface area contributed by atoms with Crippen LogP contribution in [0.5, 0.6) is 5.88 Å². The highest BCUT2D eigenvalue weighted by Crippen LogP contribution is 2.25. The molecular weight excluding hydrogens is 252 g/mol. The zero-order valence-electron chi connectivity index (χ0n) is 11.5. The Labute approximate surface area is 118 Å². The van der Waals surface area contributed by atoms with Gasteiger partial charge in [0, 0.05) is 25.1 Å². The fourth-order valence-electron chi connectivity index (χ4n) is 2.54. The molecule has 2 heterocycles. The van der Waals surface area contributed by atoms with Crippen molar-refractivity contribution in [2.24, 2.45) is 11.7 Å². The highest BCUT2D eigenvalue weighted by molar-refractivity contribution is 5.87. The molecule has 0 atom stereocenters. The molecule has 0 spiro atoms. The number of aromatic nitrogens is 1. The molecule has 1 aromatic carbocycles. The molecule has 3 rings (SSSR count). The third kappa shape index (κ3) is 2.92. The van der Waals surface area contributed by atoms with E-state index in [9.17, 15) is 0 Å². The van der Waals surface area contributed by atoms with Gasteiger partial charge in [0.25, 0.3) is 0 Å². The molecule has 4 nitrogen and oxygen atoms in total. The second kappa shape index (κ2) is 6.20. The Balaban J connectivity index is 1.81. The first kappa shape index (κ1) is 13.3. The Hall–Kier alpha value is -1.65. The van der Waals surface area contributed by atoms with E-state index in [2.05, 4.69) is 11.1 Å². The number of ether oxygens (including phenoxy) is 2. The standard InChI is InChI=1S/C16H20N2O2/c17-10-14-9-13-3-1-2-4-15(13)16(18-14)20-11-12-5-7-19-8-6-12/h1-4,9,12H,5-8,10-11,17H2. The molecule has 1 saturated heterocycles. The van der Waals surface area contributed by atoms with Gasteiger partial charge >= 0.3 is 0 Å². The molecular formula is C16H20N2O2. The summed E-state index contributed by atoms with van der Waals surface area (Å²) in [5.74, 6) is 1.26. The van der Waals surface area contributed by atoms with Crippen molar-refractivity contribution in [3.05, 3.63) is 36.0 Å². The van der Waals surface area contributed by atoms with Crippen molar-refractivity contribution in [2.45, 2.75) is 19.4 Å². The van der Waals surface area contributed by atoms with Gasteiger partial charge in [-0.05, 0) is 36.3 Å². The second-order valence-electron chi connectivity index (χ2n) is 5.21. The normalized spacial score (nSPS) is 16.4. The number of benzene rings is 1. The topological polar surface area (TPSA) is 57.4 Å². The van der Waals surface area contributed by atoms with Gasteiger partial charge < -0.3 is 15.2 Å². The van der Waals surface area contributed by atoms with Gasteiger partial charge in [-0.15, -0.1) is 0 Å². The summed E-state index contributed by atoms with van der Waals surface area (Å²) >= 11 is 0. The molecule has 2 aromatic rings. The van der Waals surface area contributed by atoms with E-state index >= 15 is 0 Å². The predicted molar refractivity (Wildman–Crippen MR) is 78.7 cm³/mol. The molecule has 1 aliphatic heterocycles. The highest BCUT2D eigenvalue weighted by atomic mass is 16.5. The summed E-state index contributed by atoms with van der Waals surface area (Å²) in [6, 6.07) is 10.2. The maximum absolute atomic E-state index is 5.98. The first-order chi connectivity index (χ1) is 9.86. The Morgan fingerprint density at radius 2 is 2.05 bits per heavy atom. The summed E-state index contributed by atoms with van der Waals surface area (Å²) in [7, 11) is 0. The van der Waals surface area contributed by atoms with Gasteiger partial charge in [-0.2, -0.15) is 0 Å². The third-order valence-corrected chi connectivity index (χ3v) is 3.76. The number of hydrogen-bond donors (Lipinski definition) is 1. The van der Waals surface area contributed by atoms with E-state index < -0.39 is 0 Å².